The zero-order chi connectivity index (χ0) is 28.9. The fourth-order valence-electron chi connectivity index (χ4n) is 2.89. The molecule has 0 spiro atoms. The Morgan fingerprint density at radius 3 is 2.22 bits per heavy atom. The molecule has 4 nitrogen and oxygen atoms in total. The second-order valence-corrected chi connectivity index (χ2v) is 8.23. The molecular formula is C29H47F2N3OS. The van der Waals surface area contributed by atoms with Gasteiger partial charge in [0.2, 0.25) is 0 Å². The van der Waals surface area contributed by atoms with Crippen LogP contribution in [0.5, 0.6) is 0 Å². The summed E-state index contributed by atoms with van der Waals surface area (Å²) in [5, 5.41) is 6.65. The summed E-state index contributed by atoms with van der Waals surface area (Å²) in [5.41, 5.74) is 2.09. The number of carbonyl (C=O) groups is 1. The molecule has 0 radical (unpaired) electrons. The van der Waals surface area contributed by atoms with Crippen molar-refractivity contribution in [3.63, 3.8) is 0 Å². The van der Waals surface area contributed by atoms with Crippen LogP contribution in [0.4, 0.5) is 8.78 Å². The van der Waals surface area contributed by atoms with E-state index < -0.39 is 17.5 Å². The van der Waals surface area contributed by atoms with Crippen molar-refractivity contribution < 1.29 is 13.6 Å². The number of terminal acetylenes is 1. The van der Waals surface area contributed by atoms with Gasteiger partial charge in [-0.15, -0.1) is 24.6 Å². The molecule has 1 rings (SSSR count). The number of hydrogen-bond acceptors (Lipinski definition) is 3. The fraction of sp³-hybridized carbons (Fsp3) is 0.517. The second-order valence-electron chi connectivity index (χ2n) is 7.18. The lowest BCUT2D eigenvalue weighted by molar-refractivity contribution is 0.0122. The van der Waals surface area contributed by atoms with Crippen LogP contribution in [-0.2, 0) is 13.0 Å². The van der Waals surface area contributed by atoms with Gasteiger partial charge in [-0.3, -0.25) is 9.48 Å². The van der Waals surface area contributed by atoms with Gasteiger partial charge in [-0.2, -0.15) is 13.9 Å². The van der Waals surface area contributed by atoms with Gasteiger partial charge in [0, 0.05) is 24.6 Å². The lowest BCUT2D eigenvalue weighted by Crippen LogP contribution is -2.34. The van der Waals surface area contributed by atoms with E-state index in [0.717, 1.165) is 30.1 Å². The molecule has 1 aromatic rings. The topological polar surface area (TPSA) is 46.9 Å². The first-order valence-electron chi connectivity index (χ1n) is 12.4. The van der Waals surface area contributed by atoms with E-state index in [1.165, 1.54) is 22.9 Å². The third-order valence-electron chi connectivity index (χ3n) is 4.35. The average molecular weight is 524 g/mol. The Kier molecular flexibility index (Phi) is 22.8. The number of hydrogen-bond donors (Lipinski definition) is 1. The summed E-state index contributed by atoms with van der Waals surface area (Å²) in [7, 11) is 1.49. The van der Waals surface area contributed by atoms with Crippen LogP contribution < -0.4 is 5.32 Å². The first kappa shape index (κ1) is 37.9. The smallest absolute Gasteiger partial charge is 0.288 e. The average Bonchev–Trinajstić information content (AvgIpc) is 3.26. The van der Waals surface area contributed by atoms with E-state index in [1.807, 2.05) is 60.6 Å². The minimum atomic E-state index is -3.09. The third kappa shape index (κ3) is 14.7. The zero-order valence-corrected chi connectivity index (χ0v) is 24.9. The molecule has 0 bridgehead atoms. The van der Waals surface area contributed by atoms with Gasteiger partial charge in [-0.05, 0) is 45.8 Å². The summed E-state index contributed by atoms with van der Waals surface area (Å²) in [6.07, 6.45) is 19.4. The molecule has 0 saturated heterocycles. The van der Waals surface area contributed by atoms with Crippen molar-refractivity contribution in [2.75, 3.05) is 5.75 Å². The molecule has 0 aliphatic heterocycles. The van der Waals surface area contributed by atoms with E-state index >= 15 is 0 Å². The zero-order valence-electron chi connectivity index (χ0n) is 24.1. The van der Waals surface area contributed by atoms with Crippen LogP contribution in [0.1, 0.15) is 91.8 Å². The maximum Gasteiger partial charge on any atom is 0.288 e. The van der Waals surface area contributed by atoms with Gasteiger partial charge in [0.1, 0.15) is 11.4 Å². The number of aryl methyl sites for hydroxylation is 1. The van der Waals surface area contributed by atoms with Crippen LogP contribution in [0.2, 0.25) is 0 Å². The van der Waals surface area contributed by atoms with E-state index in [0.29, 0.717) is 0 Å². The molecule has 0 fully saturated rings. The van der Waals surface area contributed by atoms with Crippen molar-refractivity contribution in [1.29, 1.82) is 0 Å². The minimum Gasteiger partial charge on any atom is -0.344 e. The highest BCUT2D eigenvalue weighted by Crippen LogP contribution is 2.27. The number of halogens is 2. The highest BCUT2D eigenvalue weighted by Gasteiger charge is 2.30. The summed E-state index contributed by atoms with van der Waals surface area (Å²) in [6.45, 7) is 18.7. The van der Waals surface area contributed by atoms with E-state index in [1.54, 1.807) is 11.8 Å². The van der Waals surface area contributed by atoms with Gasteiger partial charge in [0.25, 0.3) is 11.8 Å². The molecule has 0 aliphatic carbocycles. The van der Waals surface area contributed by atoms with Crippen molar-refractivity contribution in [2.45, 2.75) is 87.6 Å². The summed E-state index contributed by atoms with van der Waals surface area (Å²) >= 11 is 1.65. The largest absolute Gasteiger partial charge is 0.344 e. The molecule has 1 atom stereocenters. The molecule has 1 aromatic heterocycles. The molecular weight excluding hydrogens is 476 g/mol. The quantitative estimate of drug-likeness (QED) is 0.247. The van der Waals surface area contributed by atoms with Crippen molar-refractivity contribution in [3.05, 3.63) is 63.9 Å². The lowest BCUT2D eigenvalue weighted by Gasteiger charge is -2.17. The number of allylic oxidation sites excluding steroid dienone is 6. The number of nitrogens with one attached hydrogen (secondary N) is 1. The number of alkyl halides is 2. The Labute approximate surface area is 223 Å². The molecule has 0 aliphatic rings. The summed E-state index contributed by atoms with van der Waals surface area (Å²) in [6, 6.07) is 0.882. The SMILES string of the molecule is C#C.CC.CC.C\C=C/C(=C\C(C)=C\CC)CS/C(=C\C)C(C)NC(=O)c1cc(C(C)(F)F)nn1C. The monoisotopic (exact) mass is 523 g/mol. The Hall–Kier alpha value is -2.59. The standard InChI is InChI=1S/C23H33F2N3OS.2C2H6.C2H2/c1-8-11-16(4)13-18(12-9-2)15-30-20(10-3)17(5)26-22(29)19-14-21(23(6,24)25)27-28(19)7;3*1-2/h9-14,17H,8,15H2,1-7H3,(H,26,29);2*1-2H3;1-2H/b12-9-,16-11+,18-13+,20-10-;;;. The van der Waals surface area contributed by atoms with Crippen LogP contribution in [0.15, 0.2) is 52.5 Å². The van der Waals surface area contributed by atoms with E-state index in [9.17, 15) is 13.6 Å². The number of amides is 1. The lowest BCUT2D eigenvalue weighted by atomic mass is 10.1. The molecule has 0 aromatic carbocycles. The Bertz CT molecular complexity index is 888. The first-order chi connectivity index (χ1) is 17.0. The summed E-state index contributed by atoms with van der Waals surface area (Å²) in [4.78, 5) is 13.6. The fourth-order valence-corrected chi connectivity index (χ4v) is 3.87. The third-order valence-corrected chi connectivity index (χ3v) is 5.75. The van der Waals surface area contributed by atoms with Gasteiger partial charge in [-0.1, -0.05) is 70.6 Å². The van der Waals surface area contributed by atoms with E-state index in [-0.39, 0.29) is 11.7 Å². The number of rotatable bonds is 10. The van der Waals surface area contributed by atoms with Crippen molar-refractivity contribution in [1.82, 2.24) is 15.1 Å². The second kappa shape index (κ2) is 21.7. The Morgan fingerprint density at radius 2 is 1.81 bits per heavy atom. The number of nitrogens with zero attached hydrogens (tertiary/aromatic N) is 2. The van der Waals surface area contributed by atoms with Crippen LogP contribution >= 0.6 is 11.8 Å². The predicted octanol–water partition coefficient (Wildman–Crippen LogP) is 8.45. The van der Waals surface area contributed by atoms with Gasteiger partial charge < -0.3 is 5.32 Å². The van der Waals surface area contributed by atoms with Gasteiger partial charge >= 0.3 is 0 Å². The van der Waals surface area contributed by atoms with Crippen LogP contribution in [-0.4, -0.2) is 27.5 Å². The molecule has 204 valence electrons. The molecule has 1 unspecified atom stereocenters. The van der Waals surface area contributed by atoms with E-state index in [2.05, 4.69) is 55.3 Å². The van der Waals surface area contributed by atoms with Gasteiger partial charge in [0.15, 0.2) is 0 Å². The van der Waals surface area contributed by atoms with Crippen molar-refractivity contribution in [3.8, 4) is 12.8 Å². The normalized spacial score (nSPS) is 12.9. The first-order valence-corrected chi connectivity index (χ1v) is 13.4. The maximum absolute atomic E-state index is 13.5. The van der Waals surface area contributed by atoms with Crippen LogP contribution in [0.3, 0.4) is 0 Å². The molecule has 1 heterocycles. The van der Waals surface area contributed by atoms with Crippen molar-refractivity contribution in [2.24, 2.45) is 7.05 Å². The van der Waals surface area contributed by atoms with Crippen LogP contribution in [0.25, 0.3) is 0 Å². The molecule has 1 amide bonds. The number of thioether (sulfide) groups is 1. The minimum absolute atomic E-state index is 0.105. The molecule has 36 heavy (non-hydrogen) atoms. The Morgan fingerprint density at radius 1 is 1.25 bits per heavy atom. The Balaban J connectivity index is -0.00000168. The maximum atomic E-state index is 13.5. The number of carbonyl (C=O) groups excluding carboxylic acids is 1. The van der Waals surface area contributed by atoms with Gasteiger partial charge in [0.05, 0.1) is 6.04 Å². The van der Waals surface area contributed by atoms with E-state index in [4.69, 9.17) is 0 Å². The van der Waals surface area contributed by atoms with Crippen LogP contribution in [0, 0.1) is 12.8 Å². The van der Waals surface area contributed by atoms with Crippen molar-refractivity contribution >= 4 is 17.7 Å². The molecule has 1 N–H and O–H groups in total. The summed E-state index contributed by atoms with van der Waals surface area (Å²) < 4.78 is 28.2. The molecule has 0 saturated carbocycles. The number of aromatic nitrogens is 2. The van der Waals surface area contributed by atoms with Gasteiger partial charge in [-0.25, -0.2) is 0 Å². The predicted molar refractivity (Wildman–Crippen MR) is 155 cm³/mol. The highest BCUT2D eigenvalue weighted by molar-refractivity contribution is 8.03. The molecule has 7 heteroatoms. The highest BCUT2D eigenvalue weighted by atomic mass is 32.2. The summed E-state index contributed by atoms with van der Waals surface area (Å²) in [5.74, 6) is -2.76.